The maximum atomic E-state index is 12.3. The quantitative estimate of drug-likeness (QED) is 0.182. The first-order valence-corrected chi connectivity index (χ1v) is 11.3. The molecule has 0 aliphatic heterocycles. The van der Waals surface area contributed by atoms with E-state index in [0.29, 0.717) is 5.56 Å². The number of nitrogens with two attached hydrogens (primary N) is 1. The predicted octanol–water partition coefficient (Wildman–Crippen LogP) is 3.51. The van der Waals surface area contributed by atoms with E-state index in [-0.39, 0.29) is 44.3 Å². The first-order valence-electron chi connectivity index (χ1n) is 11.3. The van der Waals surface area contributed by atoms with Gasteiger partial charge < -0.3 is 38.9 Å². The van der Waals surface area contributed by atoms with Crippen LogP contribution in [0.3, 0.4) is 0 Å². The number of carbonyl (C=O) groups excluding carboxylic acids is 4. The summed E-state index contributed by atoms with van der Waals surface area (Å²) in [6, 6.07) is 3.18. The Labute approximate surface area is 203 Å². The summed E-state index contributed by atoms with van der Waals surface area (Å²) in [6.45, 7) is 6.91. The van der Waals surface area contributed by atoms with Crippen LogP contribution in [0.4, 0.5) is 14.4 Å². The minimum Gasteiger partial charge on any atom is -0.458 e. The number of rotatable bonds is 13. The number of carbonyl (C=O) groups is 4. The standard InChI is InChI=1S/C23H33NO11/c1-5-8-11-31-21(26)32-14-15(4)33-20(25)17(24)12-16-9-10-18(34-22(27)29-6-2)19(13-16)35-23(28)30-7-3/h9-10,13,15,17H,5-8,11-12,14,24H2,1-4H3/t15-,17-/m0/s1. The van der Waals surface area contributed by atoms with Crippen LogP contribution in [-0.2, 0) is 34.9 Å². The third-order valence-electron chi connectivity index (χ3n) is 4.15. The molecular formula is C23H33NO11. The summed E-state index contributed by atoms with van der Waals surface area (Å²) < 4.78 is 34.5. The molecule has 2 N–H and O–H groups in total. The smallest absolute Gasteiger partial charge is 0.458 e. The van der Waals surface area contributed by atoms with E-state index in [1.165, 1.54) is 25.1 Å². The van der Waals surface area contributed by atoms with Gasteiger partial charge in [0.05, 0.1) is 19.8 Å². The zero-order chi connectivity index (χ0) is 26.2. The molecule has 0 aliphatic rings. The maximum Gasteiger partial charge on any atom is 0.513 e. The minimum absolute atomic E-state index is 0.00431. The maximum absolute atomic E-state index is 12.3. The number of hydrogen-bond acceptors (Lipinski definition) is 12. The molecule has 12 nitrogen and oxygen atoms in total. The number of esters is 1. The summed E-state index contributed by atoms with van der Waals surface area (Å²) in [5, 5.41) is 0. The Morgan fingerprint density at radius 1 is 0.857 bits per heavy atom. The molecule has 1 rings (SSSR count). The molecule has 2 atom stereocenters. The van der Waals surface area contributed by atoms with Crippen molar-refractivity contribution in [3.05, 3.63) is 23.8 Å². The second kappa shape index (κ2) is 16.1. The molecule has 0 bridgehead atoms. The van der Waals surface area contributed by atoms with Crippen molar-refractivity contribution < 1.29 is 52.3 Å². The lowest BCUT2D eigenvalue weighted by Crippen LogP contribution is -2.37. The van der Waals surface area contributed by atoms with Crippen LogP contribution in [0.2, 0.25) is 0 Å². The van der Waals surface area contributed by atoms with Crippen molar-refractivity contribution in [1.82, 2.24) is 0 Å². The van der Waals surface area contributed by atoms with E-state index >= 15 is 0 Å². The Morgan fingerprint density at radius 3 is 2.09 bits per heavy atom. The third-order valence-corrected chi connectivity index (χ3v) is 4.15. The van der Waals surface area contributed by atoms with E-state index in [9.17, 15) is 19.2 Å². The molecule has 0 saturated heterocycles. The number of hydrogen-bond donors (Lipinski definition) is 1. The normalized spacial score (nSPS) is 12.0. The number of unbranched alkanes of at least 4 members (excludes halogenated alkanes) is 1. The van der Waals surface area contributed by atoms with Crippen molar-refractivity contribution in [3.8, 4) is 11.5 Å². The lowest BCUT2D eigenvalue weighted by molar-refractivity contribution is -0.152. The van der Waals surface area contributed by atoms with Crippen molar-refractivity contribution in [2.45, 2.75) is 59.1 Å². The zero-order valence-electron chi connectivity index (χ0n) is 20.4. The largest absolute Gasteiger partial charge is 0.513 e. The fourth-order valence-electron chi connectivity index (χ4n) is 2.50. The summed E-state index contributed by atoms with van der Waals surface area (Å²) in [7, 11) is 0. The van der Waals surface area contributed by atoms with Crippen molar-refractivity contribution in [1.29, 1.82) is 0 Å². The fraction of sp³-hybridized carbons (Fsp3) is 0.565. The second-order valence-corrected chi connectivity index (χ2v) is 7.17. The van der Waals surface area contributed by atoms with Gasteiger partial charge in [-0.25, -0.2) is 14.4 Å². The third kappa shape index (κ3) is 11.9. The van der Waals surface area contributed by atoms with Gasteiger partial charge >= 0.3 is 24.4 Å². The van der Waals surface area contributed by atoms with Gasteiger partial charge in [0.15, 0.2) is 11.5 Å². The van der Waals surface area contributed by atoms with E-state index in [1.807, 2.05) is 6.92 Å². The molecule has 0 amide bonds. The molecule has 0 heterocycles. The molecular weight excluding hydrogens is 466 g/mol. The van der Waals surface area contributed by atoms with Crippen LogP contribution in [-0.4, -0.2) is 63.0 Å². The number of benzene rings is 1. The van der Waals surface area contributed by atoms with Gasteiger partial charge in [-0.3, -0.25) is 4.79 Å². The lowest BCUT2D eigenvalue weighted by Gasteiger charge is -2.17. The first-order chi connectivity index (χ1) is 16.7. The highest BCUT2D eigenvalue weighted by Crippen LogP contribution is 2.30. The van der Waals surface area contributed by atoms with E-state index in [4.69, 9.17) is 38.9 Å². The molecule has 1 aromatic rings. The minimum atomic E-state index is -1.08. The topological polar surface area (TPSA) is 159 Å². The van der Waals surface area contributed by atoms with Crippen LogP contribution in [0.25, 0.3) is 0 Å². The zero-order valence-corrected chi connectivity index (χ0v) is 20.4. The van der Waals surface area contributed by atoms with Crippen molar-refractivity contribution in [2.24, 2.45) is 5.73 Å². The van der Waals surface area contributed by atoms with E-state index in [1.54, 1.807) is 13.8 Å². The molecule has 0 aromatic heterocycles. The summed E-state index contributed by atoms with van der Waals surface area (Å²) in [4.78, 5) is 47.2. The van der Waals surface area contributed by atoms with Crippen LogP contribution in [0.15, 0.2) is 18.2 Å². The van der Waals surface area contributed by atoms with Gasteiger partial charge in [-0.15, -0.1) is 0 Å². The summed E-state index contributed by atoms with van der Waals surface area (Å²) >= 11 is 0. The van der Waals surface area contributed by atoms with Crippen molar-refractivity contribution in [3.63, 3.8) is 0 Å². The molecule has 1 aromatic carbocycles. The van der Waals surface area contributed by atoms with Gasteiger partial charge in [0, 0.05) is 0 Å². The molecule has 35 heavy (non-hydrogen) atoms. The van der Waals surface area contributed by atoms with E-state index < -0.39 is 36.6 Å². The summed E-state index contributed by atoms with van der Waals surface area (Å²) in [5.74, 6) is -0.953. The van der Waals surface area contributed by atoms with Gasteiger partial charge in [-0.05, 0) is 51.3 Å². The van der Waals surface area contributed by atoms with Crippen LogP contribution >= 0.6 is 0 Å². The number of ether oxygens (including phenoxy) is 7. The molecule has 196 valence electrons. The summed E-state index contributed by atoms with van der Waals surface area (Å²) in [5.41, 5.74) is 6.43. The van der Waals surface area contributed by atoms with Crippen LogP contribution in [0.5, 0.6) is 11.5 Å². The van der Waals surface area contributed by atoms with Gasteiger partial charge in [0.1, 0.15) is 18.8 Å². The fourth-order valence-corrected chi connectivity index (χ4v) is 2.50. The Morgan fingerprint density at radius 2 is 1.49 bits per heavy atom. The SMILES string of the molecule is CCCCOC(=O)OC[C@H](C)OC(=O)[C@@H](N)Cc1ccc(OC(=O)OCC)c(OC(=O)OCC)c1. The molecule has 0 aliphatic carbocycles. The molecule has 0 saturated carbocycles. The van der Waals surface area contributed by atoms with Gasteiger partial charge in [-0.1, -0.05) is 19.4 Å². The monoisotopic (exact) mass is 499 g/mol. The molecule has 0 unspecified atom stereocenters. The highest BCUT2D eigenvalue weighted by Gasteiger charge is 2.22. The molecule has 0 radical (unpaired) electrons. The lowest BCUT2D eigenvalue weighted by atomic mass is 10.1. The highest BCUT2D eigenvalue weighted by atomic mass is 16.7. The van der Waals surface area contributed by atoms with Crippen LogP contribution < -0.4 is 15.2 Å². The Bertz CT molecular complexity index is 843. The second-order valence-electron chi connectivity index (χ2n) is 7.17. The molecule has 0 fully saturated rings. The van der Waals surface area contributed by atoms with E-state index in [2.05, 4.69) is 0 Å². The summed E-state index contributed by atoms with van der Waals surface area (Å²) in [6.07, 6.45) is -2.00. The van der Waals surface area contributed by atoms with Crippen LogP contribution in [0, 0.1) is 0 Å². The average molecular weight is 500 g/mol. The highest BCUT2D eigenvalue weighted by molar-refractivity contribution is 5.76. The van der Waals surface area contributed by atoms with Gasteiger partial charge in [-0.2, -0.15) is 0 Å². The van der Waals surface area contributed by atoms with Gasteiger partial charge in [0.2, 0.25) is 0 Å². The van der Waals surface area contributed by atoms with Crippen molar-refractivity contribution in [2.75, 3.05) is 26.4 Å². The average Bonchev–Trinajstić information content (AvgIpc) is 2.79. The molecule has 12 heteroatoms. The Hall–Kier alpha value is -3.54. The van der Waals surface area contributed by atoms with Gasteiger partial charge in [0.25, 0.3) is 0 Å². The van der Waals surface area contributed by atoms with Crippen molar-refractivity contribution >= 4 is 24.4 Å². The Kier molecular flexibility index (Phi) is 13.6. The first kappa shape index (κ1) is 29.5. The van der Waals surface area contributed by atoms with E-state index in [0.717, 1.165) is 12.8 Å². The Balaban J connectivity index is 2.73. The predicted molar refractivity (Wildman–Crippen MR) is 121 cm³/mol. The molecule has 0 spiro atoms. The van der Waals surface area contributed by atoms with Crippen LogP contribution in [0.1, 0.15) is 46.1 Å².